The first-order valence-electron chi connectivity index (χ1n) is 8.51. The molecule has 1 heterocycles. The maximum atomic E-state index is 11.8. The van der Waals surface area contributed by atoms with E-state index < -0.39 is 5.60 Å². The van der Waals surface area contributed by atoms with Crippen molar-refractivity contribution in [1.82, 2.24) is 5.16 Å². The van der Waals surface area contributed by atoms with Gasteiger partial charge in [-0.3, -0.25) is 4.79 Å². The summed E-state index contributed by atoms with van der Waals surface area (Å²) < 4.78 is 12.0. The number of esters is 1. The predicted octanol–water partition coefficient (Wildman–Crippen LogP) is 5.09. The molecular weight excluding hydrogens is 405 g/mol. The molecule has 0 spiro atoms. The Kier molecular flexibility index (Phi) is 6.14. The third-order valence-electron chi connectivity index (χ3n) is 4.12. The zero-order valence-corrected chi connectivity index (χ0v) is 17.0. The van der Waals surface area contributed by atoms with Crippen molar-refractivity contribution in [2.45, 2.75) is 78.2 Å². The lowest BCUT2D eigenvalue weighted by molar-refractivity contribution is -0.154. The highest BCUT2D eigenvalue weighted by atomic mass is 127. The van der Waals surface area contributed by atoms with Crippen LogP contribution in [-0.4, -0.2) is 16.7 Å². The van der Waals surface area contributed by atoms with Crippen LogP contribution in [0.1, 0.15) is 77.7 Å². The molecule has 1 fully saturated rings. The normalized spacial score (nSPS) is 21.3. The molecule has 0 amide bonds. The van der Waals surface area contributed by atoms with Crippen molar-refractivity contribution in [2.75, 3.05) is 0 Å². The van der Waals surface area contributed by atoms with E-state index in [0.29, 0.717) is 18.8 Å². The number of aromatic nitrogens is 1. The maximum absolute atomic E-state index is 11.8. The Labute approximate surface area is 152 Å². The van der Waals surface area contributed by atoms with Gasteiger partial charge >= 0.3 is 5.97 Å². The molecule has 0 saturated heterocycles. The number of nitrogens with zero attached hydrogens (tertiary/aromatic N) is 1. The van der Waals surface area contributed by atoms with Gasteiger partial charge in [-0.25, -0.2) is 0 Å². The Balaban J connectivity index is 1.85. The van der Waals surface area contributed by atoms with Gasteiger partial charge < -0.3 is 9.26 Å². The molecule has 1 aliphatic rings. The van der Waals surface area contributed by atoms with Crippen molar-refractivity contribution in [3.05, 3.63) is 15.0 Å². The second-order valence-electron chi connectivity index (χ2n) is 8.06. The maximum Gasteiger partial charge on any atom is 0.306 e. The van der Waals surface area contributed by atoms with Gasteiger partial charge in [0.25, 0.3) is 0 Å². The van der Waals surface area contributed by atoms with Gasteiger partial charge in [0.1, 0.15) is 5.60 Å². The number of halogens is 1. The summed E-state index contributed by atoms with van der Waals surface area (Å²) >= 11 is 2.31. The summed E-state index contributed by atoms with van der Waals surface area (Å²) in [6.45, 7) is 10.2. The third kappa shape index (κ3) is 5.47. The smallest absolute Gasteiger partial charge is 0.306 e. The van der Waals surface area contributed by atoms with E-state index in [1.54, 1.807) is 0 Å². The van der Waals surface area contributed by atoms with Crippen molar-refractivity contribution in [1.29, 1.82) is 0 Å². The van der Waals surface area contributed by atoms with Gasteiger partial charge in [0.2, 0.25) is 0 Å². The quantitative estimate of drug-likeness (QED) is 0.463. The Bertz CT molecular complexity index is 539. The van der Waals surface area contributed by atoms with E-state index >= 15 is 0 Å². The van der Waals surface area contributed by atoms with Crippen LogP contribution in [-0.2, 0) is 16.0 Å². The molecule has 1 aromatic heterocycles. The van der Waals surface area contributed by atoms with E-state index in [-0.39, 0.29) is 5.97 Å². The minimum absolute atomic E-state index is 0.182. The van der Waals surface area contributed by atoms with Crippen LogP contribution in [0.5, 0.6) is 0 Å². The fourth-order valence-corrected chi connectivity index (χ4v) is 4.06. The van der Waals surface area contributed by atoms with Crippen LogP contribution in [0.3, 0.4) is 0 Å². The van der Waals surface area contributed by atoms with Crippen molar-refractivity contribution in [3.8, 4) is 0 Å². The van der Waals surface area contributed by atoms with E-state index in [9.17, 15) is 4.79 Å². The number of rotatable bonds is 6. The highest BCUT2D eigenvalue weighted by Crippen LogP contribution is 2.46. The van der Waals surface area contributed by atoms with Crippen LogP contribution in [0.25, 0.3) is 0 Å². The lowest BCUT2D eigenvalue weighted by Gasteiger charge is -2.34. The molecule has 0 radical (unpaired) electrons. The number of aryl methyl sites for hydroxylation is 1. The summed E-state index contributed by atoms with van der Waals surface area (Å²) in [6.07, 6.45) is 4.63. The number of ether oxygens (including phenoxy) is 1. The molecule has 0 atom stereocenters. The summed E-state index contributed by atoms with van der Waals surface area (Å²) in [5.74, 6) is 2.93. The van der Waals surface area contributed by atoms with Gasteiger partial charge in [0.05, 0.1) is 15.7 Å². The Hall–Kier alpha value is -0.590. The molecule has 4 nitrogen and oxygen atoms in total. The van der Waals surface area contributed by atoms with Gasteiger partial charge in [-0.05, 0) is 74.5 Å². The minimum Gasteiger partial charge on any atom is -0.460 e. The highest BCUT2D eigenvalue weighted by Gasteiger charge is 2.35. The second-order valence-corrected chi connectivity index (χ2v) is 9.14. The van der Waals surface area contributed by atoms with Crippen LogP contribution in [0.4, 0.5) is 0 Å². The molecule has 0 aliphatic heterocycles. The monoisotopic (exact) mass is 433 g/mol. The topological polar surface area (TPSA) is 52.3 Å². The molecule has 0 bridgehead atoms. The first-order chi connectivity index (χ1) is 10.7. The molecule has 1 aromatic rings. The fourth-order valence-electron chi connectivity index (χ4n) is 3.16. The molecule has 1 saturated carbocycles. The van der Waals surface area contributed by atoms with Gasteiger partial charge in [-0.1, -0.05) is 19.0 Å². The lowest BCUT2D eigenvalue weighted by atomic mass is 9.70. The van der Waals surface area contributed by atoms with E-state index in [1.807, 2.05) is 20.8 Å². The van der Waals surface area contributed by atoms with Crippen molar-refractivity contribution < 1.29 is 14.1 Å². The molecule has 23 heavy (non-hydrogen) atoms. The van der Waals surface area contributed by atoms with E-state index in [4.69, 9.17) is 9.26 Å². The summed E-state index contributed by atoms with van der Waals surface area (Å²) in [4.78, 5) is 11.8. The van der Waals surface area contributed by atoms with Crippen LogP contribution >= 0.6 is 22.6 Å². The van der Waals surface area contributed by atoms with E-state index in [0.717, 1.165) is 26.9 Å². The van der Waals surface area contributed by atoms with Crippen molar-refractivity contribution >= 4 is 28.6 Å². The van der Waals surface area contributed by atoms with E-state index in [2.05, 4.69) is 41.6 Å². The molecular formula is C18H28INO3. The molecule has 5 heteroatoms. The Morgan fingerprint density at radius 2 is 2.04 bits per heavy atom. The highest BCUT2D eigenvalue weighted by molar-refractivity contribution is 14.1. The van der Waals surface area contributed by atoms with Crippen LogP contribution < -0.4 is 0 Å². The number of carbonyl (C=O) groups is 1. The average molecular weight is 433 g/mol. The summed E-state index contributed by atoms with van der Waals surface area (Å²) in [6, 6.07) is 0. The third-order valence-corrected chi connectivity index (χ3v) is 5.28. The van der Waals surface area contributed by atoms with Crippen LogP contribution in [0.15, 0.2) is 4.52 Å². The molecule has 130 valence electrons. The molecule has 2 rings (SSSR count). The lowest BCUT2D eigenvalue weighted by Crippen LogP contribution is -2.24. The van der Waals surface area contributed by atoms with Gasteiger partial charge in [0, 0.05) is 12.3 Å². The summed E-state index contributed by atoms with van der Waals surface area (Å²) in [7, 11) is 0. The first kappa shape index (κ1) is 18.7. The van der Waals surface area contributed by atoms with Gasteiger partial charge in [0.15, 0.2) is 5.76 Å². The molecule has 0 aromatic carbocycles. The number of hydrogen-bond acceptors (Lipinski definition) is 4. The minimum atomic E-state index is -0.434. The standard InChI is InChI=1S/C18H28INO3/c1-11(2)8-12-9-13(10-12)17-16(19)14(20-23-17)6-7-15(21)22-18(3,4)5/h11-13H,6-10H2,1-5H3/t12-,13+. The Morgan fingerprint density at radius 1 is 1.39 bits per heavy atom. The fraction of sp³-hybridized carbons (Fsp3) is 0.778. The number of hydrogen-bond donors (Lipinski definition) is 0. The summed E-state index contributed by atoms with van der Waals surface area (Å²) in [5.41, 5.74) is 0.454. The van der Waals surface area contributed by atoms with Crippen molar-refractivity contribution in [2.24, 2.45) is 11.8 Å². The Morgan fingerprint density at radius 3 is 2.61 bits per heavy atom. The number of carbonyl (C=O) groups excluding carboxylic acids is 1. The zero-order chi connectivity index (χ0) is 17.2. The van der Waals surface area contributed by atoms with E-state index in [1.165, 1.54) is 19.3 Å². The van der Waals surface area contributed by atoms with Gasteiger partial charge in [-0.15, -0.1) is 0 Å². The zero-order valence-electron chi connectivity index (χ0n) is 14.8. The van der Waals surface area contributed by atoms with Gasteiger partial charge in [-0.2, -0.15) is 0 Å². The van der Waals surface area contributed by atoms with Crippen molar-refractivity contribution in [3.63, 3.8) is 0 Å². The SMILES string of the molecule is CC(C)C[C@H]1C[C@@H](c2onc(CCC(=O)OC(C)(C)C)c2I)C1. The average Bonchev–Trinajstić information content (AvgIpc) is 2.70. The first-order valence-corrected chi connectivity index (χ1v) is 9.59. The van der Waals surface area contributed by atoms with Crippen LogP contribution in [0.2, 0.25) is 0 Å². The largest absolute Gasteiger partial charge is 0.460 e. The summed E-state index contributed by atoms with van der Waals surface area (Å²) in [5, 5.41) is 4.18. The molecule has 1 aliphatic carbocycles. The van der Waals surface area contributed by atoms with Crippen LogP contribution in [0, 0.1) is 15.4 Å². The molecule has 0 unspecified atom stereocenters. The predicted molar refractivity (Wildman–Crippen MR) is 98.3 cm³/mol. The second kappa shape index (κ2) is 7.53. The molecule has 0 N–H and O–H groups in total.